The Hall–Kier alpha value is -3.43. The SMILES string of the molecule is COc1cc(NC(=O)Nc2cc([C@H]3CC[C@@H](OC(=O)NC(C)C)C3)[nH][n+]2C(C)(C)C)ccc1O. The lowest BCUT2D eigenvalue weighted by molar-refractivity contribution is -0.790. The summed E-state index contributed by atoms with van der Waals surface area (Å²) >= 11 is 0. The summed E-state index contributed by atoms with van der Waals surface area (Å²) in [4.78, 5) is 24.7. The third-order valence-electron chi connectivity index (χ3n) is 5.63. The van der Waals surface area contributed by atoms with E-state index in [1.54, 1.807) is 12.1 Å². The maximum atomic E-state index is 12.7. The summed E-state index contributed by atoms with van der Waals surface area (Å²) < 4.78 is 12.6. The molecule has 3 rings (SSSR count). The van der Waals surface area contributed by atoms with Crippen LogP contribution < -0.4 is 25.4 Å². The zero-order valence-electron chi connectivity index (χ0n) is 20.7. The van der Waals surface area contributed by atoms with Gasteiger partial charge >= 0.3 is 17.9 Å². The molecule has 10 nitrogen and oxygen atoms in total. The molecule has 0 saturated heterocycles. The molecule has 10 heteroatoms. The average Bonchev–Trinajstić information content (AvgIpc) is 3.35. The number of alkyl carbamates (subject to hydrolysis) is 1. The minimum Gasteiger partial charge on any atom is -0.504 e. The summed E-state index contributed by atoms with van der Waals surface area (Å²) in [5, 5.41) is 21.6. The largest absolute Gasteiger partial charge is 0.504 e. The van der Waals surface area contributed by atoms with Crippen molar-refractivity contribution in [2.45, 2.75) is 77.5 Å². The number of hydrogen-bond acceptors (Lipinski definition) is 5. The molecule has 1 saturated carbocycles. The second kappa shape index (κ2) is 10.2. The van der Waals surface area contributed by atoms with E-state index in [4.69, 9.17) is 9.47 Å². The predicted octanol–water partition coefficient (Wildman–Crippen LogP) is 4.19. The van der Waals surface area contributed by atoms with Crippen molar-refractivity contribution in [3.05, 3.63) is 30.0 Å². The van der Waals surface area contributed by atoms with E-state index in [2.05, 4.69) is 21.0 Å². The van der Waals surface area contributed by atoms with E-state index in [9.17, 15) is 14.7 Å². The summed E-state index contributed by atoms with van der Waals surface area (Å²) in [6, 6.07) is 6.13. The number of amides is 3. The Kier molecular flexibility index (Phi) is 7.58. The molecule has 2 aromatic rings. The fourth-order valence-electron chi connectivity index (χ4n) is 4.05. The third-order valence-corrected chi connectivity index (χ3v) is 5.63. The molecule has 1 aliphatic rings. The lowest BCUT2D eigenvalue weighted by Crippen LogP contribution is -2.54. The van der Waals surface area contributed by atoms with E-state index in [0.717, 1.165) is 25.0 Å². The number of aromatic nitrogens is 2. The molecule has 1 heterocycles. The highest BCUT2D eigenvalue weighted by atomic mass is 16.6. The van der Waals surface area contributed by atoms with Gasteiger partial charge in [-0.2, -0.15) is 10.00 Å². The number of phenols is 1. The van der Waals surface area contributed by atoms with Crippen LogP contribution in [0.3, 0.4) is 0 Å². The van der Waals surface area contributed by atoms with Crippen LogP contribution in [0.1, 0.15) is 65.5 Å². The van der Waals surface area contributed by atoms with Gasteiger partial charge in [0.15, 0.2) is 11.5 Å². The summed E-state index contributed by atoms with van der Waals surface area (Å²) in [6.07, 6.45) is 1.86. The third kappa shape index (κ3) is 6.33. The summed E-state index contributed by atoms with van der Waals surface area (Å²) in [5.41, 5.74) is 1.15. The normalized spacial score (nSPS) is 18.0. The number of carbonyl (C=O) groups excluding carboxylic acids is 2. The number of nitrogens with one attached hydrogen (secondary N) is 4. The number of phenolic OH excluding ortho intramolecular Hbond substituents is 1. The molecule has 0 radical (unpaired) electrons. The Morgan fingerprint density at radius 3 is 2.56 bits per heavy atom. The Labute approximate surface area is 200 Å². The number of carbonyl (C=O) groups is 2. The van der Waals surface area contributed by atoms with Crippen LogP contribution in [-0.4, -0.2) is 41.6 Å². The van der Waals surface area contributed by atoms with Crippen molar-refractivity contribution in [1.82, 2.24) is 10.4 Å². The quantitative estimate of drug-likeness (QED) is 0.317. The highest BCUT2D eigenvalue weighted by molar-refractivity contribution is 5.99. The number of nitrogens with zero attached hydrogens (tertiary/aromatic N) is 1. The fraction of sp³-hybridized carbons (Fsp3) is 0.542. The van der Waals surface area contributed by atoms with Gasteiger partial charge in [-0.1, -0.05) is 0 Å². The topological polar surface area (TPSA) is 129 Å². The maximum absolute atomic E-state index is 12.7. The second-order valence-corrected chi connectivity index (χ2v) is 9.91. The molecule has 0 bridgehead atoms. The van der Waals surface area contributed by atoms with Crippen LogP contribution in [0.5, 0.6) is 11.5 Å². The molecule has 0 unspecified atom stereocenters. The zero-order chi connectivity index (χ0) is 25.0. The number of hydrogen-bond donors (Lipinski definition) is 5. The summed E-state index contributed by atoms with van der Waals surface area (Å²) in [5.74, 6) is 1.07. The van der Waals surface area contributed by atoms with Crippen LogP contribution in [0.2, 0.25) is 0 Å². The molecule has 186 valence electrons. The van der Waals surface area contributed by atoms with E-state index < -0.39 is 6.03 Å². The van der Waals surface area contributed by atoms with Gasteiger partial charge in [-0.3, -0.25) is 5.32 Å². The number of aromatic hydroxyl groups is 1. The molecule has 0 spiro atoms. The monoisotopic (exact) mass is 474 g/mol. The highest BCUT2D eigenvalue weighted by Gasteiger charge is 2.34. The van der Waals surface area contributed by atoms with Gasteiger partial charge in [0.25, 0.3) is 0 Å². The Morgan fingerprint density at radius 1 is 1.18 bits per heavy atom. The zero-order valence-corrected chi connectivity index (χ0v) is 20.7. The van der Waals surface area contributed by atoms with E-state index in [0.29, 0.717) is 11.5 Å². The lowest BCUT2D eigenvalue weighted by atomic mass is 10.0. The smallest absolute Gasteiger partial charge is 0.411 e. The molecule has 1 fully saturated rings. The molecular formula is C24H36N5O5+. The number of aromatic amines is 1. The van der Waals surface area contributed by atoms with Crippen LogP contribution in [0.15, 0.2) is 24.3 Å². The number of benzene rings is 1. The molecule has 1 aliphatic carbocycles. The van der Waals surface area contributed by atoms with Gasteiger partial charge in [-0.05, 0) is 66.0 Å². The van der Waals surface area contributed by atoms with E-state index >= 15 is 0 Å². The van der Waals surface area contributed by atoms with Crippen LogP contribution in [-0.2, 0) is 10.3 Å². The fourth-order valence-corrected chi connectivity index (χ4v) is 4.05. The minimum absolute atomic E-state index is 0.00477. The number of anilines is 2. The molecule has 0 aliphatic heterocycles. The molecule has 1 aromatic heterocycles. The van der Waals surface area contributed by atoms with E-state index in [1.165, 1.54) is 13.2 Å². The van der Waals surface area contributed by atoms with Crippen molar-refractivity contribution in [3.63, 3.8) is 0 Å². The first kappa shape index (κ1) is 25.2. The van der Waals surface area contributed by atoms with Gasteiger partial charge in [0.1, 0.15) is 11.6 Å². The second-order valence-electron chi connectivity index (χ2n) is 9.91. The first-order valence-corrected chi connectivity index (χ1v) is 11.5. The predicted molar refractivity (Wildman–Crippen MR) is 128 cm³/mol. The van der Waals surface area contributed by atoms with Crippen LogP contribution in [0, 0.1) is 0 Å². The average molecular weight is 475 g/mol. The molecule has 2 atom stereocenters. The van der Waals surface area contributed by atoms with Crippen molar-refractivity contribution in [1.29, 1.82) is 0 Å². The van der Waals surface area contributed by atoms with Crippen molar-refractivity contribution in [3.8, 4) is 11.5 Å². The molecule has 1 aromatic carbocycles. The van der Waals surface area contributed by atoms with E-state index in [-0.39, 0.29) is 41.2 Å². The van der Waals surface area contributed by atoms with Crippen molar-refractivity contribution in [2.24, 2.45) is 0 Å². The van der Waals surface area contributed by atoms with Gasteiger partial charge < -0.3 is 19.9 Å². The Balaban J connectivity index is 1.70. The number of urea groups is 1. The first-order valence-electron chi connectivity index (χ1n) is 11.5. The number of methoxy groups -OCH3 is 1. The van der Waals surface area contributed by atoms with Crippen LogP contribution in [0.25, 0.3) is 0 Å². The molecule has 5 N–H and O–H groups in total. The summed E-state index contributed by atoms with van der Waals surface area (Å²) in [6.45, 7) is 9.91. The highest BCUT2D eigenvalue weighted by Crippen LogP contribution is 2.36. The van der Waals surface area contributed by atoms with Gasteiger partial charge in [0, 0.05) is 23.7 Å². The molecular weight excluding hydrogens is 438 g/mol. The van der Waals surface area contributed by atoms with E-state index in [1.807, 2.05) is 45.4 Å². The number of H-pyrrole nitrogens is 1. The lowest BCUT2D eigenvalue weighted by Gasteiger charge is -2.16. The molecule has 34 heavy (non-hydrogen) atoms. The van der Waals surface area contributed by atoms with Crippen molar-refractivity contribution in [2.75, 3.05) is 17.7 Å². The number of rotatable bonds is 6. The van der Waals surface area contributed by atoms with Gasteiger partial charge in [0.2, 0.25) is 0 Å². The number of ether oxygens (including phenoxy) is 2. The first-order chi connectivity index (χ1) is 16.0. The maximum Gasteiger partial charge on any atom is 0.411 e. The van der Waals surface area contributed by atoms with Crippen LogP contribution in [0.4, 0.5) is 21.1 Å². The van der Waals surface area contributed by atoms with Gasteiger partial charge in [-0.15, -0.1) is 0 Å². The Bertz CT molecular complexity index is 1030. The summed E-state index contributed by atoms with van der Waals surface area (Å²) in [7, 11) is 1.45. The standard InChI is InChI=1S/C24H35N5O5/c1-14(2)25-23(32)34-17-9-7-15(11-17)18-13-21(29(28-18)24(3,4)5)27-22(31)26-16-8-10-19(30)20(12-16)33-6/h8,10,12-15,17H,7,9,11H2,1-6H3,(H4,25,26,27,28,30,31,32)/p+1/t15-,17+/m0/s1. The minimum atomic E-state index is -0.422. The van der Waals surface area contributed by atoms with Crippen molar-refractivity contribution >= 4 is 23.6 Å². The van der Waals surface area contributed by atoms with Gasteiger partial charge in [-0.25, -0.2) is 14.7 Å². The Morgan fingerprint density at radius 2 is 1.91 bits per heavy atom. The van der Waals surface area contributed by atoms with Gasteiger partial charge in [0.05, 0.1) is 18.9 Å². The van der Waals surface area contributed by atoms with Crippen molar-refractivity contribution < 1.29 is 28.9 Å². The van der Waals surface area contributed by atoms with Crippen LogP contribution >= 0.6 is 0 Å². The molecule has 3 amide bonds.